The monoisotopic (exact) mass is 466 g/mol. The van der Waals surface area contributed by atoms with Crippen molar-refractivity contribution in [2.75, 3.05) is 13.1 Å². The molecule has 33 heavy (non-hydrogen) atoms. The molecule has 0 radical (unpaired) electrons. The van der Waals surface area contributed by atoms with Gasteiger partial charge in [0, 0.05) is 26.2 Å². The number of carbonyl (C=O) groups is 2. The highest BCUT2D eigenvalue weighted by Gasteiger charge is 2.29. The van der Waals surface area contributed by atoms with Gasteiger partial charge >= 0.3 is 0 Å². The molecule has 2 atom stereocenters. The van der Waals surface area contributed by atoms with E-state index in [1.807, 2.05) is 24.3 Å². The van der Waals surface area contributed by atoms with Gasteiger partial charge in [0.2, 0.25) is 11.8 Å². The molecule has 2 fully saturated rings. The second-order valence-electron chi connectivity index (χ2n) is 7.93. The van der Waals surface area contributed by atoms with Crippen LogP contribution in [0, 0.1) is 22.7 Å². The zero-order chi connectivity index (χ0) is 23.1. The smallest absolute Gasteiger partial charge is 0.239 e. The number of likely N-dealkylation sites (tertiary alicyclic amines) is 2. The number of benzene rings is 2. The Kier molecular flexibility index (Phi) is 9.38. The van der Waals surface area contributed by atoms with E-state index in [-0.39, 0.29) is 36.3 Å². The molecule has 0 unspecified atom stereocenters. The molecule has 2 aliphatic rings. The highest BCUT2D eigenvalue weighted by molar-refractivity contribution is 5.85. The van der Waals surface area contributed by atoms with Gasteiger partial charge < -0.3 is 21.3 Å². The van der Waals surface area contributed by atoms with Crippen molar-refractivity contribution in [3.8, 4) is 12.1 Å². The molecule has 2 aromatic rings. The Balaban J connectivity index is 0.000000227. The summed E-state index contributed by atoms with van der Waals surface area (Å²) in [5.74, 6) is 0.00437. The third-order valence-electron chi connectivity index (χ3n) is 5.54. The fourth-order valence-corrected chi connectivity index (χ4v) is 3.76. The van der Waals surface area contributed by atoms with Gasteiger partial charge in [0.05, 0.1) is 35.3 Å². The first kappa shape index (κ1) is 25.8. The van der Waals surface area contributed by atoms with Crippen LogP contribution in [0.25, 0.3) is 0 Å². The average Bonchev–Trinajstić information content (AvgIpc) is 3.30. The zero-order valence-electron chi connectivity index (χ0n) is 18.2. The second-order valence-corrected chi connectivity index (χ2v) is 7.93. The van der Waals surface area contributed by atoms with Crippen LogP contribution in [0.15, 0.2) is 48.5 Å². The van der Waals surface area contributed by atoms with Crippen molar-refractivity contribution in [3.05, 3.63) is 70.8 Å². The fourth-order valence-electron chi connectivity index (χ4n) is 3.76. The Hall–Kier alpha value is -3.43. The summed E-state index contributed by atoms with van der Waals surface area (Å²) in [4.78, 5) is 26.7. The zero-order valence-corrected chi connectivity index (χ0v) is 19.0. The fraction of sp³-hybridized carbons (Fsp3) is 0.333. The molecule has 0 spiro atoms. The third kappa shape index (κ3) is 6.77. The van der Waals surface area contributed by atoms with Crippen molar-refractivity contribution < 1.29 is 9.59 Å². The van der Waals surface area contributed by atoms with Gasteiger partial charge in [-0.3, -0.25) is 9.59 Å². The van der Waals surface area contributed by atoms with Crippen LogP contribution in [-0.2, 0) is 22.7 Å². The Morgan fingerprint density at radius 1 is 0.788 bits per heavy atom. The molecule has 9 heteroatoms. The molecule has 0 bridgehead atoms. The van der Waals surface area contributed by atoms with Gasteiger partial charge in [-0.2, -0.15) is 10.5 Å². The first-order chi connectivity index (χ1) is 15.4. The molecule has 2 aliphatic heterocycles. The van der Waals surface area contributed by atoms with E-state index in [0.29, 0.717) is 37.3 Å². The van der Waals surface area contributed by atoms with Gasteiger partial charge in [0.1, 0.15) is 0 Å². The summed E-state index contributed by atoms with van der Waals surface area (Å²) in [7, 11) is 0. The topological polar surface area (TPSA) is 140 Å². The van der Waals surface area contributed by atoms with Crippen molar-refractivity contribution in [2.45, 2.75) is 38.0 Å². The minimum atomic E-state index is -0.348. The lowest BCUT2D eigenvalue weighted by atomic mass is 10.1. The molecule has 2 saturated heterocycles. The standard InChI is InChI=1S/2C12H13N3O.ClH/c2*13-7-9-2-1-3-10(6-9)8-15-5-4-11(14)12(15)16;/h2*1-3,6,11H,4-5,8,14H2;1H/t2*11-;/m00./s1. The maximum atomic E-state index is 11.6. The summed E-state index contributed by atoms with van der Waals surface area (Å²) < 4.78 is 0. The Labute approximate surface area is 199 Å². The van der Waals surface area contributed by atoms with E-state index in [2.05, 4.69) is 12.1 Å². The third-order valence-corrected chi connectivity index (χ3v) is 5.54. The largest absolute Gasteiger partial charge is 0.337 e. The lowest BCUT2D eigenvalue weighted by molar-refractivity contribution is -0.130. The van der Waals surface area contributed by atoms with E-state index >= 15 is 0 Å². The highest BCUT2D eigenvalue weighted by atomic mass is 35.5. The number of halogens is 1. The van der Waals surface area contributed by atoms with Crippen LogP contribution in [0.5, 0.6) is 0 Å². The summed E-state index contributed by atoms with van der Waals surface area (Å²) in [6.07, 6.45) is 1.44. The molecule has 2 amide bonds. The Morgan fingerprint density at radius 2 is 1.18 bits per heavy atom. The Bertz CT molecular complexity index is 992. The van der Waals surface area contributed by atoms with Crippen molar-refractivity contribution in [2.24, 2.45) is 11.5 Å². The Morgan fingerprint density at radius 3 is 1.48 bits per heavy atom. The molecule has 4 N–H and O–H groups in total. The second kappa shape index (κ2) is 12.0. The molecule has 4 rings (SSSR count). The minimum Gasteiger partial charge on any atom is -0.337 e. The van der Waals surface area contributed by atoms with Crippen LogP contribution in [0.4, 0.5) is 0 Å². The van der Waals surface area contributed by atoms with E-state index in [4.69, 9.17) is 22.0 Å². The number of hydrogen-bond acceptors (Lipinski definition) is 6. The van der Waals surface area contributed by atoms with Crippen LogP contribution in [0.3, 0.4) is 0 Å². The van der Waals surface area contributed by atoms with Gasteiger partial charge in [-0.1, -0.05) is 24.3 Å². The molecule has 2 heterocycles. The SMILES string of the molecule is Cl.N#Cc1cccc(CN2CC[C@H](N)C2=O)c1.N#Cc1cccc(CN2CC[C@H](N)C2=O)c1. The van der Waals surface area contributed by atoms with Crippen LogP contribution < -0.4 is 11.5 Å². The number of carbonyl (C=O) groups excluding carboxylic acids is 2. The van der Waals surface area contributed by atoms with E-state index in [1.54, 1.807) is 34.1 Å². The first-order valence-corrected chi connectivity index (χ1v) is 10.5. The van der Waals surface area contributed by atoms with E-state index in [0.717, 1.165) is 24.0 Å². The minimum absolute atomic E-state index is 0. The molecular weight excluding hydrogens is 440 g/mol. The normalized spacial score (nSPS) is 19.3. The van der Waals surface area contributed by atoms with Crippen molar-refractivity contribution in [1.82, 2.24) is 9.80 Å². The molecule has 0 aromatic heterocycles. The lowest BCUT2D eigenvalue weighted by Crippen LogP contribution is -2.33. The van der Waals surface area contributed by atoms with Gasteiger partial charge in [0.25, 0.3) is 0 Å². The molecular formula is C24H27ClN6O2. The van der Waals surface area contributed by atoms with Crippen LogP contribution in [-0.4, -0.2) is 46.8 Å². The highest BCUT2D eigenvalue weighted by Crippen LogP contribution is 2.15. The number of amides is 2. The maximum absolute atomic E-state index is 11.6. The van der Waals surface area contributed by atoms with Crippen molar-refractivity contribution in [1.29, 1.82) is 10.5 Å². The summed E-state index contributed by atoms with van der Waals surface area (Å²) >= 11 is 0. The van der Waals surface area contributed by atoms with Crippen LogP contribution >= 0.6 is 12.4 Å². The number of rotatable bonds is 4. The predicted molar refractivity (Wildman–Crippen MR) is 126 cm³/mol. The number of nitriles is 2. The van der Waals surface area contributed by atoms with Crippen molar-refractivity contribution >= 4 is 24.2 Å². The summed E-state index contributed by atoms with van der Waals surface area (Å²) in [6, 6.07) is 18.1. The molecule has 8 nitrogen and oxygen atoms in total. The first-order valence-electron chi connectivity index (χ1n) is 10.5. The molecule has 0 saturated carbocycles. The van der Waals surface area contributed by atoms with E-state index in [1.165, 1.54) is 0 Å². The lowest BCUT2D eigenvalue weighted by Gasteiger charge is -2.15. The predicted octanol–water partition coefficient (Wildman–Crippen LogP) is 1.66. The van der Waals surface area contributed by atoms with Crippen molar-refractivity contribution in [3.63, 3.8) is 0 Å². The van der Waals surface area contributed by atoms with Gasteiger partial charge in [-0.25, -0.2) is 0 Å². The van der Waals surface area contributed by atoms with Crippen LogP contribution in [0.1, 0.15) is 35.1 Å². The number of nitrogens with zero attached hydrogens (tertiary/aromatic N) is 4. The van der Waals surface area contributed by atoms with Crippen LogP contribution in [0.2, 0.25) is 0 Å². The maximum Gasteiger partial charge on any atom is 0.239 e. The molecule has 0 aliphatic carbocycles. The van der Waals surface area contributed by atoms with E-state index < -0.39 is 0 Å². The molecule has 172 valence electrons. The average molecular weight is 467 g/mol. The summed E-state index contributed by atoms with van der Waals surface area (Å²) in [5.41, 5.74) is 14.5. The quantitative estimate of drug-likeness (QED) is 0.702. The van der Waals surface area contributed by atoms with Gasteiger partial charge in [-0.05, 0) is 48.2 Å². The number of hydrogen-bond donors (Lipinski definition) is 2. The molecule has 2 aromatic carbocycles. The van der Waals surface area contributed by atoms with E-state index in [9.17, 15) is 9.59 Å². The van der Waals surface area contributed by atoms with Gasteiger partial charge in [0.15, 0.2) is 0 Å². The summed E-state index contributed by atoms with van der Waals surface area (Å²) in [5, 5.41) is 17.5. The number of nitrogens with two attached hydrogens (primary N) is 2. The summed E-state index contributed by atoms with van der Waals surface area (Å²) in [6.45, 7) is 2.50. The van der Waals surface area contributed by atoms with Gasteiger partial charge in [-0.15, -0.1) is 12.4 Å².